The van der Waals surface area contributed by atoms with Gasteiger partial charge in [-0.15, -0.1) is 0 Å². The fourth-order valence-corrected chi connectivity index (χ4v) is 4.94. The van der Waals surface area contributed by atoms with E-state index in [1.807, 2.05) is 30.3 Å². The average Bonchev–Trinajstić information content (AvgIpc) is 3.35. The number of benzene rings is 4. The topological polar surface area (TPSA) is 124 Å². The molecule has 10 heteroatoms. The fraction of sp³-hybridized carbons (Fsp3) is 0.222. The smallest absolute Gasteiger partial charge is 0.338 e. The lowest BCUT2D eigenvalue weighted by molar-refractivity contribution is -0.263. The Kier molecular flexibility index (Phi) is 10.5. The Morgan fingerprint density at radius 1 is 0.652 bits per heavy atom. The molecule has 0 amide bonds. The second kappa shape index (κ2) is 15.1. The third-order valence-electron chi connectivity index (χ3n) is 7.07. The van der Waals surface area contributed by atoms with Crippen molar-refractivity contribution in [3.8, 4) is 0 Å². The van der Waals surface area contributed by atoms with E-state index >= 15 is 0 Å². The lowest BCUT2D eigenvalue weighted by atomic mass is 10.0. The molecule has 1 heterocycles. The summed E-state index contributed by atoms with van der Waals surface area (Å²) in [5.41, 5.74) is 1.50. The average molecular weight is 625 g/mol. The lowest BCUT2D eigenvalue weighted by Gasteiger charge is -2.33. The highest BCUT2D eigenvalue weighted by atomic mass is 16.8. The maximum absolute atomic E-state index is 13.4. The summed E-state index contributed by atoms with van der Waals surface area (Å²) in [5.74, 6) is -5.33. The van der Waals surface area contributed by atoms with E-state index in [0.29, 0.717) is 0 Å². The molecule has 0 bridgehead atoms. The van der Waals surface area contributed by atoms with Gasteiger partial charge in [-0.05, 0) is 42.0 Å². The molecule has 4 atom stereocenters. The molecule has 1 saturated heterocycles. The van der Waals surface area contributed by atoms with Gasteiger partial charge in [0.05, 0.1) is 29.9 Å². The quantitative estimate of drug-likeness (QED) is 0.154. The second-order valence-corrected chi connectivity index (χ2v) is 10.4. The van der Waals surface area contributed by atoms with Crippen LogP contribution >= 0.6 is 0 Å². The van der Waals surface area contributed by atoms with Gasteiger partial charge < -0.3 is 28.4 Å². The number of rotatable bonds is 12. The Bertz CT molecular complexity index is 1610. The van der Waals surface area contributed by atoms with Crippen LogP contribution in [0.25, 0.3) is 0 Å². The van der Waals surface area contributed by atoms with E-state index in [0.717, 1.165) is 12.5 Å². The maximum Gasteiger partial charge on any atom is 0.338 e. The van der Waals surface area contributed by atoms with E-state index in [9.17, 15) is 19.2 Å². The molecule has 1 aliphatic rings. The number of hydrogen-bond acceptors (Lipinski definition) is 10. The van der Waals surface area contributed by atoms with Gasteiger partial charge in [0.1, 0.15) is 6.10 Å². The summed E-state index contributed by atoms with van der Waals surface area (Å²) < 4.78 is 35.4. The summed E-state index contributed by atoms with van der Waals surface area (Å²) >= 11 is 0. The molecule has 0 N–H and O–H groups in total. The normalized spacial score (nSPS) is 20.3. The standard InChI is InChI=1S/C36H32O10/c1-25(37)45-36(24-42-33(38)27-16-8-3-9-17-27)32(44-35(40)29-20-12-5-13-21-29)31(43-34(39)28-18-10-4-11-19-28)30(46-36)23-41-22-26-14-6-2-7-15-26/h2-21,30-32H,22-24H2,1H3/t30-,31-,32-,36?/m1/s1. The minimum atomic E-state index is -2.21. The third kappa shape index (κ3) is 8.03. The molecule has 10 nitrogen and oxygen atoms in total. The van der Waals surface area contributed by atoms with E-state index in [-0.39, 0.29) is 29.9 Å². The maximum atomic E-state index is 13.4. The molecular weight excluding hydrogens is 592 g/mol. The zero-order valence-corrected chi connectivity index (χ0v) is 25.0. The van der Waals surface area contributed by atoms with Gasteiger partial charge in [-0.2, -0.15) is 0 Å². The molecule has 5 rings (SSSR count). The summed E-state index contributed by atoms with van der Waals surface area (Å²) in [6.45, 7) is 0.445. The number of hydrogen-bond donors (Lipinski definition) is 0. The van der Waals surface area contributed by atoms with Crippen LogP contribution in [0.5, 0.6) is 0 Å². The number of ether oxygens (including phenoxy) is 6. The predicted molar refractivity (Wildman–Crippen MR) is 163 cm³/mol. The van der Waals surface area contributed by atoms with E-state index in [2.05, 4.69) is 0 Å². The minimum Gasteiger partial charge on any atom is -0.455 e. The molecule has 4 aromatic carbocycles. The molecule has 0 spiro atoms. The Hall–Kier alpha value is -5.32. The Labute approximate surface area is 265 Å². The zero-order chi connectivity index (χ0) is 32.4. The Balaban J connectivity index is 1.50. The second-order valence-electron chi connectivity index (χ2n) is 10.4. The van der Waals surface area contributed by atoms with Crippen LogP contribution in [-0.4, -0.2) is 61.2 Å². The van der Waals surface area contributed by atoms with Crippen molar-refractivity contribution in [3.05, 3.63) is 144 Å². The molecule has 1 fully saturated rings. The van der Waals surface area contributed by atoms with Crippen molar-refractivity contribution >= 4 is 23.9 Å². The van der Waals surface area contributed by atoms with Crippen LogP contribution in [0.3, 0.4) is 0 Å². The molecular formula is C36H32O10. The summed E-state index contributed by atoms with van der Waals surface area (Å²) in [6, 6.07) is 33.8. The van der Waals surface area contributed by atoms with Crippen molar-refractivity contribution in [1.29, 1.82) is 0 Å². The van der Waals surface area contributed by atoms with Gasteiger partial charge in [0.25, 0.3) is 5.79 Å². The van der Waals surface area contributed by atoms with Gasteiger partial charge in [-0.3, -0.25) is 4.79 Å². The highest BCUT2D eigenvalue weighted by Crippen LogP contribution is 2.39. The van der Waals surface area contributed by atoms with Crippen LogP contribution in [0.1, 0.15) is 43.6 Å². The molecule has 1 unspecified atom stereocenters. The van der Waals surface area contributed by atoms with E-state index < -0.39 is 54.6 Å². The van der Waals surface area contributed by atoms with Gasteiger partial charge in [-0.1, -0.05) is 84.9 Å². The number of esters is 4. The summed E-state index contributed by atoms with van der Waals surface area (Å²) in [4.78, 5) is 52.4. The van der Waals surface area contributed by atoms with Crippen molar-refractivity contribution < 1.29 is 47.6 Å². The third-order valence-corrected chi connectivity index (χ3v) is 7.07. The monoisotopic (exact) mass is 624 g/mol. The number of carbonyl (C=O) groups is 4. The first-order valence-corrected chi connectivity index (χ1v) is 14.6. The van der Waals surface area contributed by atoms with Crippen LogP contribution in [0.15, 0.2) is 121 Å². The minimum absolute atomic E-state index is 0.170. The van der Waals surface area contributed by atoms with Crippen LogP contribution in [0.2, 0.25) is 0 Å². The molecule has 0 radical (unpaired) electrons. The first kappa shape index (κ1) is 32.1. The van der Waals surface area contributed by atoms with Crippen LogP contribution in [0, 0.1) is 0 Å². The summed E-state index contributed by atoms with van der Waals surface area (Å²) in [6.07, 6.45) is -4.06. The van der Waals surface area contributed by atoms with Gasteiger partial charge in [0.15, 0.2) is 12.7 Å². The highest BCUT2D eigenvalue weighted by Gasteiger charge is 2.63. The molecule has 0 aliphatic carbocycles. The van der Waals surface area contributed by atoms with E-state index in [1.54, 1.807) is 78.9 Å². The van der Waals surface area contributed by atoms with Crippen molar-refractivity contribution in [2.75, 3.05) is 13.2 Å². The summed E-state index contributed by atoms with van der Waals surface area (Å²) in [5, 5.41) is 0. The molecule has 0 saturated carbocycles. The van der Waals surface area contributed by atoms with Crippen molar-refractivity contribution in [2.45, 2.75) is 37.6 Å². The number of carbonyl (C=O) groups excluding carboxylic acids is 4. The van der Waals surface area contributed by atoms with E-state index in [1.165, 1.54) is 12.1 Å². The first-order valence-electron chi connectivity index (χ1n) is 14.6. The molecule has 46 heavy (non-hydrogen) atoms. The van der Waals surface area contributed by atoms with Crippen molar-refractivity contribution in [3.63, 3.8) is 0 Å². The highest BCUT2D eigenvalue weighted by molar-refractivity contribution is 5.91. The first-order chi connectivity index (χ1) is 22.3. The largest absolute Gasteiger partial charge is 0.455 e. The van der Waals surface area contributed by atoms with Gasteiger partial charge in [0.2, 0.25) is 6.10 Å². The van der Waals surface area contributed by atoms with Crippen LogP contribution in [-0.2, 0) is 39.8 Å². The van der Waals surface area contributed by atoms with E-state index in [4.69, 9.17) is 28.4 Å². The molecule has 236 valence electrons. The molecule has 1 aliphatic heterocycles. The zero-order valence-electron chi connectivity index (χ0n) is 25.0. The SMILES string of the molecule is CC(=O)OC1(COC(=O)c2ccccc2)O[C@H](COCc2ccccc2)[C@@H](OC(=O)c2ccccc2)[C@H]1OC(=O)c1ccccc1. The Morgan fingerprint density at radius 2 is 1.13 bits per heavy atom. The summed E-state index contributed by atoms with van der Waals surface area (Å²) in [7, 11) is 0. The van der Waals surface area contributed by atoms with Crippen molar-refractivity contribution in [2.24, 2.45) is 0 Å². The van der Waals surface area contributed by atoms with Gasteiger partial charge in [-0.25, -0.2) is 14.4 Å². The van der Waals surface area contributed by atoms with Gasteiger partial charge >= 0.3 is 23.9 Å². The molecule has 0 aromatic heterocycles. The molecule has 4 aromatic rings. The van der Waals surface area contributed by atoms with Crippen molar-refractivity contribution in [1.82, 2.24) is 0 Å². The Morgan fingerprint density at radius 3 is 1.65 bits per heavy atom. The lowest BCUT2D eigenvalue weighted by Crippen LogP contribution is -2.53. The van der Waals surface area contributed by atoms with Crippen LogP contribution in [0.4, 0.5) is 0 Å². The fourth-order valence-electron chi connectivity index (χ4n) is 4.94. The predicted octanol–water partition coefficient (Wildman–Crippen LogP) is 5.17. The van der Waals surface area contributed by atoms with Crippen LogP contribution < -0.4 is 0 Å². The van der Waals surface area contributed by atoms with Gasteiger partial charge in [0, 0.05) is 6.92 Å².